The van der Waals surface area contributed by atoms with Gasteiger partial charge in [0.15, 0.2) is 0 Å². The predicted octanol–water partition coefficient (Wildman–Crippen LogP) is 5.90. The van der Waals surface area contributed by atoms with Crippen molar-refractivity contribution in [3.05, 3.63) is 0 Å². The first-order chi connectivity index (χ1) is 12.4. The maximum atomic E-state index is 10.3. The lowest BCUT2D eigenvalue weighted by molar-refractivity contribution is -0.137. The zero-order valence-electron chi connectivity index (χ0n) is 17.8. The molecule has 0 radical (unpaired) electrons. The SMILES string of the molecule is CC(C)CCCCCCCCCCCCCCC(=O)O.CCC(N)CO. The number of aliphatic hydroxyl groups excluding tert-OH is 1. The lowest BCUT2D eigenvalue weighted by Crippen LogP contribution is -2.22. The normalized spacial score (nSPS) is 11.9. The van der Waals surface area contributed by atoms with Crippen LogP contribution in [0.15, 0.2) is 0 Å². The molecule has 0 amide bonds. The molecule has 0 aromatic heterocycles. The summed E-state index contributed by atoms with van der Waals surface area (Å²) in [5.41, 5.74) is 5.22. The van der Waals surface area contributed by atoms with E-state index in [9.17, 15) is 4.79 Å². The molecule has 0 saturated carbocycles. The summed E-state index contributed by atoms with van der Waals surface area (Å²) in [5.74, 6) is 0.212. The summed E-state index contributed by atoms with van der Waals surface area (Å²) in [7, 11) is 0. The topological polar surface area (TPSA) is 83.5 Å². The predicted molar refractivity (Wildman–Crippen MR) is 112 cm³/mol. The molecule has 0 fully saturated rings. The van der Waals surface area contributed by atoms with E-state index in [0.717, 1.165) is 25.2 Å². The van der Waals surface area contributed by atoms with Gasteiger partial charge in [-0.2, -0.15) is 0 Å². The Morgan fingerprint density at radius 1 is 0.808 bits per heavy atom. The van der Waals surface area contributed by atoms with Crippen molar-refractivity contribution in [1.82, 2.24) is 0 Å². The quantitative estimate of drug-likeness (QED) is 0.277. The highest BCUT2D eigenvalue weighted by Crippen LogP contribution is 2.14. The molecule has 0 saturated heterocycles. The number of carboxylic acid groups (broad SMARTS) is 1. The standard InChI is InChI=1S/C18H36O2.C4H11NO/c1-17(2)15-13-11-9-7-5-3-4-6-8-10-12-14-16-18(19)20;1-2-4(5)3-6/h17H,3-16H2,1-2H3,(H,19,20);4,6H,2-3,5H2,1H3. The van der Waals surface area contributed by atoms with Crippen molar-refractivity contribution in [1.29, 1.82) is 0 Å². The van der Waals surface area contributed by atoms with E-state index in [4.69, 9.17) is 15.9 Å². The Hall–Kier alpha value is -0.610. The van der Waals surface area contributed by atoms with Gasteiger partial charge in [-0.15, -0.1) is 0 Å². The molecule has 4 N–H and O–H groups in total. The number of hydrogen-bond acceptors (Lipinski definition) is 3. The monoisotopic (exact) mass is 373 g/mol. The second-order valence-corrected chi connectivity index (χ2v) is 7.92. The Bertz CT molecular complexity index is 279. The summed E-state index contributed by atoms with van der Waals surface area (Å²) in [6.07, 6.45) is 18.2. The summed E-state index contributed by atoms with van der Waals surface area (Å²) >= 11 is 0. The van der Waals surface area contributed by atoms with Crippen LogP contribution in [0.3, 0.4) is 0 Å². The Kier molecular flexibility index (Phi) is 23.8. The number of carboxylic acids is 1. The molecule has 1 unspecified atom stereocenters. The summed E-state index contributed by atoms with van der Waals surface area (Å²) in [6, 6.07) is -0.00926. The van der Waals surface area contributed by atoms with E-state index in [1.165, 1.54) is 70.6 Å². The van der Waals surface area contributed by atoms with Crippen molar-refractivity contribution in [3.63, 3.8) is 0 Å². The largest absolute Gasteiger partial charge is 0.481 e. The first-order valence-corrected chi connectivity index (χ1v) is 11.0. The van der Waals surface area contributed by atoms with Crippen molar-refractivity contribution in [2.45, 2.75) is 123 Å². The lowest BCUT2D eigenvalue weighted by Gasteiger charge is -2.04. The number of aliphatic hydroxyl groups is 1. The molecule has 0 aromatic carbocycles. The van der Waals surface area contributed by atoms with Gasteiger partial charge < -0.3 is 15.9 Å². The Labute approximate surface area is 162 Å². The molecule has 0 aliphatic heterocycles. The van der Waals surface area contributed by atoms with Gasteiger partial charge in [0.1, 0.15) is 0 Å². The minimum atomic E-state index is -0.654. The smallest absolute Gasteiger partial charge is 0.303 e. The van der Waals surface area contributed by atoms with E-state index < -0.39 is 5.97 Å². The number of nitrogens with two attached hydrogens (primary N) is 1. The molecule has 0 aliphatic rings. The van der Waals surface area contributed by atoms with E-state index in [1.807, 2.05) is 6.92 Å². The fraction of sp³-hybridized carbons (Fsp3) is 0.955. The zero-order valence-corrected chi connectivity index (χ0v) is 17.8. The highest BCUT2D eigenvalue weighted by atomic mass is 16.4. The average Bonchev–Trinajstić information content (AvgIpc) is 2.61. The van der Waals surface area contributed by atoms with Gasteiger partial charge in [-0.05, 0) is 18.8 Å². The molecule has 1 atom stereocenters. The second-order valence-electron chi connectivity index (χ2n) is 7.92. The highest BCUT2D eigenvalue weighted by molar-refractivity contribution is 5.66. The van der Waals surface area contributed by atoms with Crippen molar-refractivity contribution < 1.29 is 15.0 Å². The molecule has 4 heteroatoms. The van der Waals surface area contributed by atoms with E-state index >= 15 is 0 Å². The van der Waals surface area contributed by atoms with Crippen LogP contribution in [0, 0.1) is 5.92 Å². The zero-order chi connectivity index (χ0) is 20.0. The first kappa shape index (κ1) is 27.6. The fourth-order valence-corrected chi connectivity index (χ4v) is 2.73. The summed E-state index contributed by atoms with van der Waals surface area (Å²) in [6.45, 7) is 6.67. The van der Waals surface area contributed by atoms with Gasteiger partial charge in [-0.1, -0.05) is 97.8 Å². The molecule has 0 aliphatic carbocycles. The third kappa shape index (κ3) is 28.2. The van der Waals surface area contributed by atoms with Gasteiger partial charge in [-0.3, -0.25) is 4.79 Å². The molecule has 4 nitrogen and oxygen atoms in total. The van der Waals surface area contributed by atoms with Crippen LogP contribution >= 0.6 is 0 Å². The van der Waals surface area contributed by atoms with Crippen LogP contribution in [0.1, 0.15) is 117 Å². The minimum absolute atomic E-state index is 0.00926. The highest BCUT2D eigenvalue weighted by Gasteiger charge is 1.97. The van der Waals surface area contributed by atoms with Crippen molar-refractivity contribution >= 4 is 5.97 Å². The van der Waals surface area contributed by atoms with E-state index in [1.54, 1.807) is 0 Å². The molecule has 0 aromatic rings. The lowest BCUT2D eigenvalue weighted by atomic mass is 10.0. The van der Waals surface area contributed by atoms with Gasteiger partial charge in [-0.25, -0.2) is 0 Å². The maximum Gasteiger partial charge on any atom is 0.303 e. The summed E-state index contributed by atoms with van der Waals surface area (Å²) < 4.78 is 0. The molecule has 0 spiro atoms. The molecule has 0 rings (SSSR count). The molecular formula is C22H47NO3. The minimum Gasteiger partial charge on any atom is -0.481 e. The van der Waals surface area contributed by atoms with Crippen molar-refractivity contribution in [2.75, 3.05) is 6.61 Å². The van der Waals surface area contributed by atoms with Crippen LogP contribution in [0.25, 0.3) is 0 Å². The van der Waals surface area contributed by atoms with Gasteiger partial charge in [0.05, 0.1) is 6.61 Å². The van der Waals surface area contributed by atoms with Gasteiger partial charge in [0.25, 0.3) is 0 Å². The van der Waals surface area contributed by atoms with Crippen LogP contribution in [-0.2, 0) is 4.79 Å². The number of hydrogen-bond donors (Lipinski definition) is 3. The Balaban J connectivity index is 0. The van der Waals surface area contributed by atoms with E-state index in [0.29, 0.717) is 6.42 Å². The number of unbranched alkanes of at least 4 members (excludes halogenated alkanes) is 11. The Morgan fingerprint density at radius 3 is 1.46 bits per heavy atom. The van der Waals surface area contributed by atoms with E-state index in [2.05, 4.69) is 13.8 Å². The fourth-order valence-electron chi connectivity index (χ4n) is 2.73. The number of carbonyl (C=O) groups is 1. The third-order valence-corrected chi connectivity index (χ3v) is 4.68. The van der Waals surface area contributed by atoms with Gasteiger partial charge in [0.2, 0.25) is 0 Å². The first-order valence-electron chi connectivity index (χ1n) is 11.0. The molecule has 0 bridgehead atoms. The van der Waals surface area contributed by atoms with Crippen LogP contribution < -0.4 is 5.73 Å². The van der Waals surface area contributed by atoms with Crippen LogP contribution in [0.4, 0.5) is 0 Å². The van der Waals surface area contributed by atoms with Crippen molar-refractivity contribution in [3.8, 4) is 0 Å². The van der Waals surface area contributed by atoms with Crippen LogP contribution in [-0.4, -0.2) is 28.8 Å². The van der Waals surface area contributed by atoms with Crippen LogP contribution in [0.5, 0.6) is 0 Å². The van der Waals surface area contributed by atoms with Gasteiger partial charge >= 0.3 is 5.97 Å². The van der Waals surface area contributed by atoms with Gasteiger partial charge in [0, 0.05) is 12.5 Å². The average molecular weight is 374 g/mol. The molecule has 158 valence electrons. The Morgan fingerprint density at radius 2 is 1.19 bits per heavy atom. The van der Waals surface area contributed by atoms with E-state index in [-0.39, 0.29) is 12.6 Å². The van der Waals surface area contributed by atoms with Crippen LogP contribution in [0.2, 0.25) is 0 Å². The molecule has 0 heterocycles. The molecule has 26 heavy (non-hydrogen) atoms. The molecular weight excluding hydrogens is 326 g/mol. The summed E-state index contributed by atoms with van der Waals surface area (Å²) in [5, 5.41) is 16.7. The summed E-state index contributed by atoms with van der Waals surface area (Å²) in [4.78, 5) is 10.3. The number of rotatable bonds is 17. The number of aliphatic carboxylic acids is 1. The van der Waals surface area contributed by atoms with Crippen molar-refractivity contribution in [2.24, 2.45) is 11.7 Å². The second kappa shape index (κ2) is 22.4. The maximum absolute atomic E-state index is 10.3. The third-order valence-electron chi connectivity index (χ3n) is 4.68.